The van der Waals surface area contributed by atoms with Crippen LogP contribution in [0.3, 0.4) is 0 Å². The molecule has 1 fully saturated rings. The highest BCUT2D eigenvalue weighted by Gasteiger charge is 2.46. The Balaban J connectivity index is 1.65. The number of hydrogen-bond acceptors (Lipinski definition) is 8. The first-order chi connectivity index (χ1) is 13.0. The zero-order valence-electron chi connectivity index (χ0n) is 14.1. The Kier molecular flexibility index (Phi) is 4.70. The SMILES string of the molecule is NNc1ncnc2c1cnn2C1C[C@H]([C@H](O)c2ccc(Cl)cc2)[C@@H](O)[C@H]1O. The van der Waals surface area contributed by atoms with Gasteiger partial charge in [-0.05, 0) is 24.1 Å². The summed E-state index contributed by atoms with van der Waals surface area (Å²) in [5.74, 6) is 5.30. The van der Waals surface area contributed by atoms with Crippen LogP contribution in [0.15, 0.2) is 36.8 Å². The lowest BCUT2D eigenvalue weighted by Crippen LogP contribution is -2.31. The molecule has 9 nitrogen and oxygen atoms in total. The van der Waals surface area contributed by atoms with Crippen LogP contribution in [0.25, 0.3) is 11.0 Å². The molecule has 1 aromatic carbocycles. The standard InChI is InChI=1S/C17H19ClN6O3/c18-9-3-1-8(2-4-9)13(25)10-5-12(15(27)14(10)26)24-17-11(6-22-24)16(23-19)20-7-21-17/h1-4,6-7,10,12-15,25-27H,5,19H2,(H,20,21,23)/t10-,12?,13-,14-,15+/m1/s1. The molecule has 0 saturated heterocycles. The molecule has 4 rings (SSSR count). The van der Waals surface area contributed by atoms with Gasteiger partial charge in [-0.15, -0.1) is 0 Å². The fourth-order valence-electron chi connectivity index (χ4n) is 3.73. The van der Waals surface area contributed by atoms with Gasteiger partial charge in [0.25, 0.3) is 0 Å². The van der Waals surface area contributed by atoms with E-state index >= 15 is 0 Å². The lowest BCUT2D eigenvalue weighted by atomic mass is 9.92. The molecule has 0 aliphatic heterocycles. The topological polar surface area (TPSA) is 142 Å². The van der Waals surface area contributed by atoms with Crippen molar-refractivity contribution in [2.24, 2.45) is 11.8 Å². The molecule has 142 valence electrons. The molecule has 0 amide bonds. The van der Waals surface area contributed by atoms with E-state index in [2.05, 4.69) is 20.5 Å². The van der Waals surface area contributed by atoms with E-state index in [4.69, 9.17) is 17.4 Å². The van der Waals surface area contributed by atoms with E-state index in [9.17, 15) is 15.3 Å². The smallest absolute Gasteiger partial charge is 0.163 e. The summed E-state index contributed by atoms with van der Waals surface area (Å²) in [5.41, 5.74) is 3.59. The fourth-order valence-corrected chi connectivity index (χ4v) is 3.85. The number of anilines is 1. The molecule has 1 unspecified atom stereocenters. The van der Waals surface area contributed by atoms with Crippen molar-refractivity contribution >= 4 is 28.5 Å². The van der Waals surface area contributed by atoms with Gasteiger partial charge in [0, 0.05) is 10.9 Å². The maximum absolute atomic E-state index is 10.7. The average molecular weight is 391 g/mol. The van der Waals surface area contributed by atoms with Crippen molar-refractivity contribution in [1.29, 1.82) is 0 Å². The number of hydrazine groups is 1. The molecule has 1 saturated carbocycles. The van der Waals surface area contributed by atoms with Crippen molar-refractivity contribution in [2.45, 2.75) is 30.8 Å². The number of halogens is 1. The second kappa shape index (κ2) is 7.02. The van der Waals surface area contributed by atoms with Gasteiger partial charge in [-0.25, -0.2) is 20.5 Å². The molecule has 5 atom stereocenters. The number of aliphatic hydroxyl groups excluding tert-OH is 3. The second-order valence-corrected chi connectivity index (χ2v) is 7.07. The number of rotatable bonds is 4. The van der Waals surface area contributed by atoms with Crippen LogP contribution >= 0.6 is 11.6 Å². The molecule has 27 heavy (non-hydrogen) atoms. The summed E-state index contributed by atoms with van der Waals surface area (Å²) in [7, 11) is 0. The van der Waals surface area contributed by atoms with Crippen LogP contribution in [-0.4, -0.2) is 47.3 Å². The number of nitrogens with one attached hydrogen (secondary N) is 1. The summed E-state index contributed by atoms with van der Waals surface area (Å²) >= 11 is 5.89. The van der Waals surface area contributed by atoms with Crippen molar-refractivity contribution in [2.75, 3.05) is 5.43 Å². The Hall–Kier alpha value is -2.30. The number of aliphatic hydroxyl groups is 3. The minimum atomic E-state index is -1.12. The number of nitrogens with zero attached hydrogens (tertiary/aromatic N) is 4. The Morgan fingerprint density at radius 2 is 1.93 bits per heavy atom. The molecular formula is C17H19ClN6O3. The van der Waals surface area contributed by atoms with Gasteiger partial charge in [-0.3, -0.25) is 0 Å². The minimum absolute atomic E-state index is 0.318. The van der Waals surface area contributed by atoms with Crippen LogP contribution in [-0.2, 0) is 0 Å². The number of hydrogen-bond donors (Lipinski definition) is 5. The fraction of sp³-hybridized carbons (Fsp3) is 0.353. The summed E-state index contributed by atoms with van der Waals surface area (Å²) in [4.78, 5) is 8.24. The molecule has 6 N–H and O–H groups in total. The van der Waals surface area contributed by atoms with E-state index < -0.39 is 30.3 Å². The molecule has 2 aromatic heterocycles. The quantitative estimate of drug-likeness (QED) is 0.325. The van der Waals surface area contributed by atoms with Crippen LogP contribution in [0.5, 0.6) is 0 Å². The first kappa shape index (κ1) is 18.1. The maximum atomic E-state index is 10.7. The van der Waals surface area contributed by atoms with Gasteiger partial charge in [0.2, 0.25) is 0 Å². The Morgan fingerprint density at radius 1 is 1.19 bits per heavy atom. The molecule has 0 radical (unpaired) electrons. The highest BCUT2D eigenvalue weighted by atomic mass is 35.5. The first-order valence-corrected chi connectivity index (χ1v) is 8.83. The normalized spacial score (nSPS) is 26.4. The van der Waals surface area contributed by atoms with Crippen LogP contribution in [0.1, 0.15) is 24.1 Å². The lowest BCUT2D eigenvalue weighted by Gasteiger charge is -2.22. The zero-order chi connectivity index (χ0) is 19.1. The van der Waals surface area contributed by atoms with Crippen molar-refractivity contribution in [3.05, 3.63) is 47.4 Å². The predicted molar refractivity (Wildman–Crippen MR) is 98.7 cm³/mol. The summed E-state index contributed by atoms with van der Waals surface area (Å²) in [6, 6.07) is 6.21. The van der Waals surface area contributed by atoms with Gasteiger partial charge in [0.15, 0.2) is 11.5 Å². The van der Waals surface area contributed by atoms with E-state index in [1.807, 2.05) is 0 Å². The molecule has 2 heterocycles. The van der Waals surface area contributed by atoms with Crippen LogP contribution in [0.4, 0.5) is 5.82 Å². The predicted octanol–water partition coefficient (Wildman–Crippen LogP) is 0.782. The largest absolute Gasteiger partial charge is 0.390 e. The lowest BCUT2D eigenvalue weighted by molar-refractivity contribution is -0.0271. The molecule has 1 aliphatic carbocycles. The molecule has 0 spiro atoms. The van der Waals surface area contributed by atoms with Crippen LogP contribution in [0.2, 0.25) is 5.02 Å². The van der Waals surface area contributed by atoms with Crippen molar-refractivity contribution in [1.82, 2.24) is 19.7 Å². The summed E-state index contributed by atoms with van der Waals surface area (Å²) in [6.45, 7) is 0. The highest BCUT2D eigenvalue weighted by molar-refractivity contribution is 6.30. The number of aromatic nitrogens is 4. The van der Waals surface area contributed by atoms with Gasteiger partial charge in [0.05, 0.1) is 29.8 Å². The van der Waals surface area contributed by atoms with Gasteiger partial charge in [-0.2, -0.15) is 5.10 Å². The third kappa shape index (κ3) is 3.03. The number of nitrogens with two attached hydrogens (primary N) is 1. The molecular weight excluding hydrogens is 372 g/mol. The maximum Gasteiger partial charge on any atom is 0.163 e. The van der Waals surface area contributed by atoms with Crippen molar-refractivity contribution in [3.8, 4) is 0 Å². The van der Waals surface area contributed by atoms with E-state index in [0.29, 0.717) is 33.9 Å². The van der Waals surface area contributed by atoms with Gasteiger partial charge < -0.3 is 20.7 Å². The zero-order valence-corrected chi connectivity index (χ0v) is 14.9. The van der Waals surface area contributed by atoms with E-state index in [1.165, 1.54) is 6.33 Å². The molecule has 10 heteroatoms. The van der Waals surface area contributed by atoms with Crippen LogP contribution in [0, 0.1) is 5.92 Å². The van der Waals surface area contributed by atoms with E-state index in [0.717, 1.165) is 0 Å². The summed E-state index contributed by atoms with van der Waals surface area (Å²) < 4.78 is 1.54. The Morgan fingerprint density at radius 3 is 2.63 bits per heavy atom. The van der Waals surface area contributed by atoms with Gasteiger partial charge >= 0.3 is 0 Å². The molecule has 0 bridgehead atoms. The highest BCUT2D eigenvalue weighted by Crippen LogP contribution is 2.42. The van der Waals surface area contributed by atoms with Crippen molar-refractivity contribution in [3.63, 3.8) is 0 Å². The molecule has 1 aliphatic rings. The number of nitrogen functional groups attached to an aromatic ring is 1. The summed E-state index contributed by atoms with van der Waals surface area (Å²) in [5, 5.41) is 37.3. The number of benzene rings is 1. The average Bonchev–Trinajstić information content (AvgIpc) is 3.23. The second-order valence-electron chi connectivity index (χ2n) is 6.64. The van der Waals surface area contributed by atoms with Gasteiger partial charge in [-0.1, -0.05) is 23.7 Å². The first-order valence-electron chi connectivity index (χ1n) is 8.45. The monoisotopic (exact) mass is 390 g/mol. The Labute approximate surface area is 159 Å². The number of fused-ring (bicyclic) bond motifs is 1. The summed E-state index contributed by atoms with van der Waals surface area (Å²) in [6.07, 6.45) is 0.0334. The van der Waals surface area contributed by atoms with E-state index in [1.54, 1.807) is 35.1 Å². The van der Waals surface area contributed by atoms with Crippen molar-refractivity contribution < 1.29 is 15.3 Å². The Bertz CT molecular complexity index is 949. The minimum Gasteiger partial charge on any atom is -0.390 e. The van der Waals surface area contributed by atoms with Gasteiger partial charge in [0.1, 0.15) is 12.4 Å². The third-order valence-electron chi connectivity index (χ3n) is 5.16. The van der Waals surface area contributed by atoms with E-state index in [-0.39, 0.29) is 0 Å². The third-order valence-corrected chi connectivity index (χ3v) is 5.41. The molecule has 3 aromatic rings. The van der Waals surface area contributed by atoms with Crippen LogP contribution < -0.4 is 11.3 Å².